The fraction of sp³-hybridized carbons (Fsp3) is 0.529. The van der Waals surface area contributed by atoms with Crippen molar-refractivity contribution in [3.63, 3.8) is 0 Å². The van der Waals surface area contributed by atoms with E-state index < -0.39 is 6.03 Å². The van der Waals surface area contributed by atoms with Crippen molar-refractivity contribution in [1.82, 2.24) is 15.5 Å². The lowest BCUT2D eigenvalue weighted by Gasteiger charge is -2.23. The summed E-state index contributed by atoms with van der Waals surface area (Å²) in [5.41, 5.74) is 7.26. The highest BCUT2D eigenvalue weighted by Gasteiger charge is 2.28. The van der Waals surface area contributed by atoms with E-state index >= 15 is 0 Å². The third kappa shape index (κ3) is 4.69. The van der Waals surface area contributed by atoms with Crippen molar-refractivity contribution in [2.24, 2.45) is 11.7 Å². The van der Waals surface area contributed by atoms with Crippen molar-refractivity contribution in [2.45, 2.75) is 25.8 Å². The van der Waals surface area contributed by atoms with E-state index in [9.17, 15) is 9.59 Å². The number of urea groups is 1. The lowest BCUT2D eigenvalue weighted by Crippen LogP contribution is -2.38. The minimum absolute atomic E-state index is 0.0607. The molecule has 0 spiro atoms. The second kappa shape index (κ2) is 7.97. The van der Waals surface area contributed by atoms with Crippen molar-refractivity contribution < 1.29 is 9.59 Å². The van der Waals surface area contributed by atoms with Crippen LogP contribution >= 0.6 is 0 Å². The Balaban J connectivity index is 2.05. The SMILES string of the molecule is CNC[C@H]1CCN(C(=O)C[C@@H](NC(N)=O)c2ccccc2C)C1. The van der Waals surface area contributed by atoms with Gasteiger partial charge in [-0.25, -0.2) is 4.79 Å². The van der Waals surface area contributed by atoms with Crippen LogP contribution < -0.4 is 16.4 Å². The number of rotatable bonds is 6. The molecule has 0 radical (unpaired) electrons. The van der Waals surface area contributed by atoms with Gasteiger partial charge in [-0.05, 0) is 44.0 Å². The molecule has 2 atom stereocenters. The number of nitrogens with two attached hydrogens (primary N) is 1. The zero-order valence-electron chi connectivity index (χ0n) is 13.8. The minimum Gasteiger partial charge on any atom is -0.352 e. The Morgan fingerprint density at radius 1 is 1.39 bits per heavy atom. The molecule has 3 amide bonds. The number of amides is 3. The standard InChI is InChI=1S/C17H26N4O2/c1-12-5-3-4-6-14(12)15(20-17(18)23)9-16(22)21-8-7-13(11-21)10-19-2/h3-6,13,15,19H,7-11H2,1-2H3,(H3,18,20,23)/t13-,15-/m1/s1. The summed E-state index contributed by atoms with van der Waals surface area (Å²) in [5, 5.41) is 5.86. The van der Waals surface area contributed by atoms with E-state index in [1.807, 2.05) is 43.1 Å². The van der Waals surface area contributed by atoms with Crippen LogP contribution in [0.2, 0.25) is 0 Å². The highest BCUT2D eigenvalue weighted by molar-refractivity contribution is 5.79. The van der Waals surface area contributed by atoms with Gasteiger partial charge in [-0.1, -0.05) is 24.3 Å². The third-order valence-electron chi connectivity index (χ3n) is 4.39. The molecular formula is C17H26N4O2. The summed E-state index contributed by atoms with van der Waals surface area (Å²) in [6, 6.07) is 6.74. The van der Waals surface area contributed by atoms with E-state index in [2.05, 4.69) is 10.6 Å². The molecule has 0 unspecified atom stereocenters. The average Bonchev–Trinajstić information content (AvgIpc) is 2.96. The molecule has 1 aliphatic rings. The van der Waals surface area contributed by atoms with Crippen molar-refractivity contribution in [1.29, 1.82) is 0 Å². The molecule has 1 aromatic carbocycles. The maximum atomic E-state index is 12.6. The van der Waals surface area contributed by atoms with E-state index in [4.69, 9.17) is 5.73 Å². The molecule has 126 valence electrons. The predicted octanol–water partition coefficient (Wildman–Crippen LogP) is 1.16. The minimum atomic E-state index is -0.611. The molecule has 6 heteroatoms. The number of nitrogens with one attached hydrogen (secondary N) is 2. The number of likely N-dealkylation sites (tertiary alicyclic amines) is 1. The number of hydrogen-bond acceptors (Lipinski definition) is 3. The average molecular weight is 318 g/mol. The van der Waals surface area contributed by atoms with Crippen LogP contribution in [0.1, 0.15) is 30.0 Å². The van der Waals surface area contributed by atoms with Crippen LogP contribution in [-0.2, 0) is 4.79 Å². The fourth-order valence-electron chi connectivity index (χ4n) is 3.21. The van der Waals surface area contributed by atoms with Gasteiger partial charge in [0.15, 0.2) is 0 Å². The van der Waals surface area contributed by atoms with Crippen LogP contribution in [0.15, 0.2) is 24.3 Å². The second-order valence-electron chi connectivity index (χ2n) is 6.17. The maximum Gasteiger partial charge on any atom is 0.312 e. The van der Waals surface area contributed by atoms with Crippen molar-refractivity contribution >= 4 is 11.9 Å². The summed E-state index contributed by atoms with van der Waals surface area (Å²) in [6.45, 7) is 4.44. The molecule has 0 aliphatic carbocycles. The number of primary amides is 1. The summed E-state index contributed by atoms with van der Waals surface area (Å²) in [6.07, 6.45) is 1.25. The van der Waals surface area contributed by atoms with Crippen molar-refractivity contribution in [3.05, 3.63) is 35.4 Å². The molecule has 6 nitrogen and oxygen atoms in total. The van der Waals surface area contributed by atoms with Gasteiger partial charge in [0.05, 0.1) is 12.5 Å². The normalized spacial score (nSPS) is 18.7. The van der Waals surface area contributed by atoms with Crippen LogP contribution in [0.4, 0.5) is 4.79 Å². The quantitative estimate of drug-likeness (QED) is 0.735. The lowest BCUT2D eigenvalue weighted by molar-refractivity contribution is -0.130. The predicted molar refractivity (Wildman–Crippen MR) is 89.9 cm³/mol. The fourth-order valence-corrected chi connectivity index (χ4v) is 3.21. The molecular weight excluding hydrogens is 292 g/mol. The molecule has 1 aromatic rings. The van der Waals surface area contributed by atoms with E-state index in [0.717, 1.165) is 37.2 Å². The largest absolute Gasteiger partial charge is 0.352 e. The molecule has 0 bridgehead atoms. The van der Waals surface area contributed by atoms with Gasteiger partial charge in [0.1, 0.15) is 0 Å². The Morgan fingerprint density at radius 3 is 2.78 bits per heavy atom. The first-order valence-corrected chi connectivity index (χ1v) is 8.05. The second-order valence-corrected chi connectivity index (χ2v) is 6.17. The van der Waals surface area contributed by atoms with Gasteiger partial charge in [-0.2, -0.15) is 0 Å². The molecule has 1 fully saturated rings. The Hall–Kier alpha value is -2.08. The van der Waals surface area contributed by atoms with Crippen LogP contribution in [0.25, 0.3) is 0 Å². The first-order chi connectivity index (χ1) is 11.0. The van der Waals surface area contributed by atoms with Crippen LogP contribution in [0, 0.1) is 12.8 Å². The smallest absolute Gasteiger partial charge is 0.312 e. The van der Waals surface area contributed by atoms with Gasteiger partial charge >= 0.3 is 6.03 Å². The molecule has 1 heterocycles. The highest BCUT2D eigenvalue weighted by Crippen LogP contribution is 2.23. The molecule has 1 saturated heterocycles. The van der Waals surface area contributed by atoms with Crippen molar-refractivity contribution in [3.8, 4) is 0 Å². The molecule has 0 saturated carbocycles. The summed E-state index contributed by atoms with van der Waals surface area (Å²) < 4.78 is 0. The zero-order chi connectivity index (χ0) is 16.8. The summed E-state index contributed by atoms with van der Waals surface area (Å²) in [5.74, 6) is 0.565. The number of aryl methyl sites for hydroxylation is 1. The summed E-state index contributed by atoms with van der Waals surface area (Å²) in [7, 11) is 1.93. The Labute approximate surface area is 137 Å². The first kappa shape index (κ1) is 17.3. The van der Waals surface area contributed by atoms with Crippen LogP contribution in [0.5, 0.6) is 0 Å². The number of carbonyl (C=O) groups is 2. The Bertz CT molecular complexity index is 561. The lowest BCUT2D eigenvalue weighted by atomic mass is 9.98. The van der Waals surface area contributed by atoms with E-state index in [1.54, 1.807) is 0 Å². The summed E-state index contributed by atoms with van der Waals surface area (Å²) >= 11 is 0. The number of nitrogens with zero attached hydrogens (tertiary/aromatic N) is 1. The first-order valence-electron chi connectivity index (χ1n) is 8.05. The number of benzene rings is 1. The molecule has 0 aromatic heterocycles. The third-order valence-corrected chi connectivity index (χ3v) is 4.39. The Morgan fingerprint density at radius 2 is 2.13 bits per heavy atom. The van der Waals surface area contributed by atoms with Crippen LogP contribution in [-0.4, -0.2) is 43.5 Å². The van der Waals surface area contributed by atoms with Gasteiger partial charge in [-0.3, -0.25) is 4.79 Å². The Kier molecular flexibility index (Phi) is 5.98. The van der Waals surface area contributed by atoms with Crippen LogP contribution in [0.3, 0.4) is 0 Å². The molecule has 23 heavy (non-hydrogen) atoms. The number of hydrogen-bond donors (Lipinski definition) is 3. The van der Waals surface area contributed by atoms with Gasteiger partial charge in [0.25, 0.3) is 0 Å². The molecule has 4 N–H and O–H groups in total. The maximum absolute atomic E-state index is 12.6. The monoisotopic (exact) mass is 318 g/mol. The molecule has 2 rings (SSSR count). The molecule has 1 aliphatic heterocycles. The van der Waals surface area contributed by atoms with E-state index in [0.29, 0.717) is 5.92 Å². The van der Waals surface area contributed by atoms with Gasteiger partial charge in [0.2, 0.25) is 5.91 Å². The number of carbonyl (C=O) groups excluding carboxylic acids is 2. The van der Waals surface area contributed by atoms with Gasteiger partial charge in [0, 0.05) is 13.1 Å². The van der Waals surface area contributed by atoms with Gasteiger partial charge < -0.3 is 21.3 Å². The topological polar surface area (TPSA) is 87.5 Å². The highest BCUT2D eigenvalue weighted by atomic mass is 16.2. The van der Waals surface area contributed by atoms with Crippen molar-refractivity contribution in [2.75, 3.05) is 26.7 Å². The van der Waals surface area contributed by atoms with Gasteiger partial charge in [-0.15, -0.1) is 0 Å². The zero-order valence-corrected chi connectivity index (χ0v) is 13.8. The van der Waals surface area contributed by atoms with E-state index in [1.165, 1.54) is 0 Å². The summed E-state index contributed by atoms with van der Waals surface area (Å²) in [4.78, 5) is 25.8. The van der Waals surface area contributed by atoms with E-state index in [-0.39, 0.29) is 18.4 Å².